The van der Waals surface area contributed by atoms with Crippen molar-refractivity contribution in [1.82, 2.24) is 19.8 Å². The average molecular weight is 440 g/mol. The maximum atomic E-state index is 12.8. The van der Waals surface area contributed by atoms with Crippen molar-refractivity contribution < 1.29 is 9.53 Å². The summed E-state index contributed by atoms with van der Waals surface area (Å²) in [6.07, 6.45) is 8.79. The van der Waals surface area contributed by atoms with E-state index in [1.165, 1.54) is 0 Å². The lowest BCUT2D eigenvalue weighted by Crippen LogP contribution is -2.50. The Hall–Kier alpha value is -3.13. The van der Waals surface area contributed by atoms with Gasteiger partial charge in [-0.3, -0.25) is 9.59 Å². The molecule has 0 bridgehead atoms. The van der Waals surface area contributed by atoms with Crippen molar-refractivity contribution in [2.24, 2.45) is 0 Å². The number of methoxy groups -OCH3 is 1. The number of hydrogen-bond donors (Lipinski definition) is 1. The van der Waals surface area contributed by atoms with E-state index in [0.29, 0.717) is 24.7 Å². The second kappa shape index (κ2) is 10.9. The summed E-state index contributed by atoms with van der Waals surface area (Å²) in [6.45, 7) is 4.79. The van der Waals surface area contributed by atoms with Crippen LogP contribution in [0.3, 0.4) is 0 Å². The number of aromatic amines is 1. The number of carbonyl (C=O) groups excluding carboxylic acids is 1. The van der Waals surface area contributed by atoms with Gasteiger partial charge in [0.15, 0.2) is 0 Å². The van der Waals surface area contributed by atoms with Gasteiger partial charge in [0, 0.05) is 62.3 Å². The maximum absolute atomic E-state index is 12.8. The fourth-order valence-electron chi connectivity index (χ4n) is 4.06. The third-order valence-electron chi connectivity index (χ3n) is 5.69. The Morgan fingerprint density at radius 1 is 1.34 bits per heavy atom. The third kappa shape index (κ3) is 5.76. The zero-order valence-electron chi connectivity index (χ0n) is 19.4. The lowest BCUT2D eigenvalue weighted by Gasteiger charge is -2.39. The van der Waals surface area contributed by atoms with Gasteiger partial charge in [-0.25, -0.2) is 4.98 Å². The summed E-state index contributed by atoms with van der Waals surface area (Å²) in [4.78, 5) is 38.5. The quantitative estimate of drug-likeness (QED) is 0.636. The van der Waals surface area contributed by atoms with Crippen molar-refractivity contribution in [3.8, 4) is 17.0 Å². The highest BCUT2D eigenvalue weighted by Gasteiger charge is 2.28. The van der Waals surface area contributed by atoms with Crippen molar-refractivity contribution in [3.05, 3.63) is 53.1 Å². The van der Waals surface area contributed by atoms with Crippen LogP contribution in [0.4, 0.5) is 5.69 Å². The van der Waals surface area contributed by atoms with Crippen LogP contribution in [0.1, 0.15) is 19.8 Å². The third-order valence-corrected chi connectivity index (χ3v) is 5.69. The molecule has 1 aliphatic heterocycles. The molecule has 1 saturated heterocycles. The number of likely N-dealkylation sites (N-methyl/N-ethyl adjacent to an activating group) is 2. The summed E-state index contributed by atoms with van der Waals surface area (Å²) >= 11 is 0. The molecule has 32 heavy (non-hydrogen) atoms. The maximum Gasteiger partial charge on any atom is 0.271 e. The highest BCUT2D eigenvalue weighted by Crippen LogP contribution is 2.26. The van der Waals surface area contributed by atoms with Crippen LogP contribution in [-0.4, -0.2) is 79.1 Å². The smallest absolute Gasteiger partial charge is 0.271 e. The Labute approximate surface area is 189 Å². The van der Waals surface area contributed by atoms with Gasteiger partial charge in [-0.2, -0.15) is 0 Å². The standard InChI is InChI=1S/C24H33N5O3/c1-5-29(20-8-6-13-28(17-20)23(30)9-7-12-27(2)3)21-14-19(16-26-24(21)31)18-10-11-25-22(15-18)32-4/h7,9-11,14-16,20H,5-6,8,12-13,17H2,1-4H3,(H,26,31)/b9-7+. The molecule has 1 aliphatic rings. The average Bonchev–Trinajstić information content (AvgIpc) is 2.80. The van der Waals surface area contributed by atoms with E-state index in [2.05, 4.69) is 14.9 Å². The second-order valence-electron chi connectivity index (χ2n) is 8.22. The Bertz CT molecular complexity index is 1000. The van der Waals surface area contributed by atoms with Crippen molar-refractivity contribution >= 4 is 11.6 Å². The van der Waals surface area contributed by atoms with Crippen LogP contribution in [0, 0.1) is 0 Å². The van der Waals surface area contributed by atoms with E-state index < -0.39 is 0 Å². The molecule has 172 valence electrons. The molecule has 3 heterocycles. The largest absolute Gasteiger partial charge is 0.481 e. The number of nitrogens with zero attached hydrogens (tertiary/aromatic N) is 4. The van der Waals surface area contributed by atoms with E-state index >= 15 is 0 Å². The van der Waals surface area contributed by atoms with Crippen LogP contribution in [-0.2, 0) is 4.79 Å². The Balaban J connectivity index is 1.82. The Kier molecular flexibility index (Phi) is 8.05. The molecule has 2 aromatic rings. The minimum absolute atomic E-state index is 0.0270. The second-order valence-corrected chi connectivity index (χ2v) is 8.22. The number of carbonyl (C=O) groups is 1. The fraction of sp³-hybridized carbons (Fsp3) is 0.458. The van der Waals surface area contributed by atoms with Crippen molar-refractivity contribution in [2.75, 3.05) is 52.3 Å². The summed E-state index contributed by atoms with van der Waals surface area (Å²) in [6, 6.07) is 5.73. The number of H-pyrrole nitrogens is 1. The number of ether oxygens (including phenoxy) is 1. The highest BCUT2D eigenvalue weighted by molar-refractivity contribution is 5.87. The van der Waals surface area contributed by atoms with E-state index in [9.17, 15) is 9.59 Å². The molecule has 8 heteroatoms. The molecule has 1 amide bonds. The predicted molar refractivity (Wildman–Crippen MR) is 127 cm³/mol. The van der Waals surface area contributed by atoms with Crippen LogP contribution < -0.4 is 15.2 Å². The topological polar surface area (TPSA) is 81.8 Å². The fourth-order valence-corrected chi connectivity index (χ4v) is 4.06. The number of rotatable bonds is 8. The molecule has 2 aromatic heterocycles. The van der Waals surface area contributed by atoms with Gasteiger partial charge in [-0.05, 0) is 51.6 Å². The summed E-state index contributed by atoms with van der Waals surface area (Å²) < 4.78 is 5.23. The summed E-state index contributed by atoms with van der Waals surface area (Å²) in [5.74, 6) is 0.547. The monoisotopic (exact) mass is 439 g/mol. The van der Waals surface area contributed by atoms with Gasteiger partial charge in [0.1, 0.15) is 5.69 Å². The minimum Gasteiger partial charge on any atom is -0.481 e. The Morgan fingerprint density at radius 2 is 2.16 bits per heavy atom. The van der Waals surface area contributed by atoms with Gasteiger partial charge in [0.25, 0.3) is 5.56 Å². The van der Waals surface area contributed by atoms with E-state index in [-0.39, 0.29) is 17.5 Å². The summed E-state index contributed by atoms with van der Waals surface area (Å²) in [5, 5.41) is 0. The van der Waals surface area contributed by atoms with Crippen molar-refractivity contribution in [3.63, 3.8) is 0 Å². The molecular formula is C24H33N5O3. The number of hydrogen-bond acceptors (Lipinski definition) is 6. The summed E-state index contributed by atoms with van der Waals surface area (Å²) in [5.41, 5.74) is 2.28. The predicted octanol–water partition coefficient (Wildman–Crippen LogP) is 2.38. The van der Waals surface area contributed by atoms with Crippen molar-refractivity contribution in [1.29, 1.82) is 0 Å². The van der Waals surface area contributed by atoms with Gasteiger partial charge in [-0.1, -0.05) is 6.08 Å². The molecule has 1 atom stereocenters. The van der Waals surface area contributed by atoms with E-state index in [0.717, 1.165) is 37.1 Å². The van der Waals surface area contributed by atoms with Gasteiger partial charge in [-0.15, -0.1) is 0 Å². The number of pyridine rings is 2. The van der Waals surface area contributed by atoms with Crippen LogP contribution in [0.5, 0.6) is 5.88 Å². The minimum atomic E-state index is -0.133. The zero-order valence-corrected chi connectivity index (χ0v) is 19.4. The van der Waals surface area contributed by atoms with Crippen LogP contribution in [0.15, 0.2) is 47.5 Å². The van der Waals surface area contributed by atoms with Gasteiger partial charge >= 0.3 is 0 Å². The van der Waals surface area contributed by atoms with Gasteiger partial charge < -0.3 is 24.4 Å². The highest BCUT2D eigenvalue weighted by atomic mass is 16.5. The first-order valence-electron chi connectivity index (χ1n) is 11.0. The first-order chi connectivity index (χ1) is 15.4. The first-order valence-corrected chi connectivity index (χ1v) is 11.0. The number of piperidine rings is 1. The molecule has 0 spiro atoms. The number of amides is 1. The zero-order chi connectivity index (χ0) is 23.1. The molecule has 8 nitrogen and oxygen atoms in total. The molecule has 0 saturated carbocycles. The van der Waals surface area contributed by atoms with Crippen LogP contribution in [0.25, 0.3) is 11.1 Å². The lowest BCUT2D eigenvalue weighted by atomic mass is 10.0. The van der Waals surface area contributed by atoms with E-state index in [4.69, 9.17) is 4.74 Å². The molecule has 1 N–H and O–H groups in total. The molecular weight excluding hydrogens is 406 g/mol. The first kappa shape index (κ1) is 23.5. The number of nitrogens with one attached hydrogen (secondary N) is 1. The van der Waals surface area contributed by atoms with E-state index in [1.807, 2.05) is 55.1 Å². The molecule has 0 aromatic carbocycles. The number of anilines is 1. The SMILES string of the molecule is CCN(c1cc(-c2ccnc(OC)c2)c[nH]c1=O)C1CCCN(C(=O)/C=C/CN(C)C)C1. The van der Waals surface area contributed by atoms with Crippen LogP contribution >= 0.6 is 0 Å². The number of aromatic nitrogens is 2. The molecule has 3 rings (SSSR count). The Morgan fingerprint density at radius 3 is 2.88 bits per heavy atom. The van der Waals surface area contributed by atoms with Crippen molar-refractivity contribution in [2.45, 2.75) is 25.8 Å². The molecule has 0 radical (unpaired) electrons. The van der Waals surface area contributed by atoms with E-state index in [1.54, 1.807) is 25.6 Å². The molecule has 0 aliphatic carbocycles. The van der Waals surface area contributed by atoms with Gasteiger partial charge in [0.05, 0.1) is 7.11 Å². The lowest BCUT2D eigenvalue weighted by molar-refractivity contribution is -0.127. The normalized spacial score (nSPS) is 16.5. The summed E-state index contributed by atoms with van der Waals surface area (Å²) in [7, 11) is 5.52. The van der Waals surface area contributed by atoms with Crippen LogP contribution in [0.2, 0.25) is 0 Å². The number of likely N-dealkylation sites (tertiary alicyclic amines) is 1. The molecule has 1 fully saturated rings. The van der Waals surface area contributed by atoms with Gasteiger partial charge in [0.2, 0.25) is 11.8 Å². The molecule has 1 unspecified atom stereocenters.